The van der Waals surface area contributed by atoms with Crippen molar-refractivity contribution in [3.05, 3.63) is 59.7 Å². The average molecular weight is 315 g/mol. The third kappa shape index (κ3) is 4.88. The van der Waals surface area contributed by atoms with Crippen molar-refractivity contribution in [3.8, 4) is 0 Å². The van der Waals surface area contributed by atoms with Crippen LogP contribution in [0, 0.1) is 5.82 Å². The molecular weight excluding hydrogens is 297 g/mol. The molecule has 0 aliphatic rings. The first-order valence-electron chi connectivity index (χ1n) is 7.41. The third-order valence-electron chi connectivity index (χ3n) is 3.17. The van der Waals surface area contributed by atoms with E-state index in [9.17, 15) is 14.0 Å². The summed E-state index contributed by atoms with van der Waals surface area (Å²) in [5.41, 5.74) is 0.972. The predicted molar refractivity (Wildman–Crippen MR) is 85.8 cm³/mol. The number of pyridine rings is 1. The number of aromatic nitrogens is 1. The molecule has 2 N–H and O–H groups in total. The normalized spacial score (nSPS) is 10.2. The van der Waals surface area contributed by atoms with Gasteiger partial charge in [-0.3, -0.25) is 14.6 Å². The van der Waals surface area contributed by atoms with Crippen molar-refractivity contribution >= 4 is 17.5 Å². The van der Waals surface area contributed by atoms with Crippen LogP contribution >= 0.6 is 0 Å². The molecule has 2 amide bonds. The summed E-state index contributed by atoms with van der Waals surface area (Å²) in [6, 6.07) is 8.39. The quantitative estimate of drug-likeness (QED) is 0.805. The fraction of sp³-hybridized carbons (Fsp3) is 0.235. The first-order chi connectivity index (χ1) is 11.1. The summed E-state index contributed by atoms with van der Waals surface area (Å²) in [4.78, 5) is 28.1. The lowest BCUT2D eigenvalue weighted by atomic mass is 10.2. The van der Waals surface area contributed by atoms with E-state index in [0.29, 0.717) is 17.8 Å². The van der Waals surface area contributed by atoms with Gasteiger partial charge in [-0.05, 0) is 42.8 Å². The zero-order valence-corrected chi connectivity index (χ0v) is 12.8. The Morgan fingerprint density at radius 2 is 1.87 bits per heavy atom. The van der Waals surface area contributed by atoms with Crippen molar-refractivity contribution in [2.45, 2.75) is 19.8 Å². The van der Waals surface area contributed by atoms with Crippen LogP contribution in [0.3, 0.4) is 0 Å². The molecule has 120 valence electrons. The van der Waals surface area contributed by atoms with Crippen LogP contribution in [0.15, 0.2) is 42.6 Å². The number of nitrogens with one attached hydrogen (secondary N) is 2. The molecule has 5 nitrogen and oxygen atoms in total. The minimum Gasteiger partial charge on any atom is -0.351 e. The smallest absolute Gasteiger partial charge is 0.269 e. The molecule has 0 fully saturated rings. The van der Waals surface area contributed by atoms with Gasteiger partial charge in [0.15, 0.2) is 0 Å². The molecule has 23 heavy (non-hydrogen) atoms. The van der Waals surface area contributed by atoms with E-state index in [0.717, 1.165) is 12.8 Å². The van der Waals surface area contributed by atoms with Crippen molar-refractivity contribution in [1.29, 1.82) is 0 Å². The molecule has 0 spiro atoms. The first-order valence-corrected chi connectivity index (χ1v) is 7.41. The molecule has 0 atom stereocenters. The van der Waals surface area contributed by atoms with Crippen LogP contribution in [-0.2, 0) is 0 Å². The Balaban J connectivity index is 2.04. The Morgan fingerprint density at radius 3 is 2.57 bits per heavy atom. The number of nitrogens with zero attached hydrogens (tertiary/aromatic N) is 1. The van der Waals surface area contributed by atoms with Gasteiger partial charge >= 0.3 is 0 Å². The summed E-state index contributed by atoms with van der Waals surface area (Å²) in [5, 5.41) is 5.39. The number of anilines is 1. The summed E-state index contributed by atoms with van der Waals surface area (Å²) >= 11 is 0. The molecule has 1 aromatic heterocycles. The number of unbranched alkanes of at least 4 members (excludes halogenated alkanes) is 1. The monoisotopic (exact) mass is 315 g/mol. The van der Waals surface area contributed by atoms with Crippen molar-refractivity contribution in [1.82, 2.24) is 10.3 Å². The van der Waals surface area contributed by atoms with Crippen LogP contribution < -0.4 is 10.6 Å². The van der Waals surface area contributed by atoms with Gasteiger partial charge in [-0.15, -0.1) is 0 Å². The molecule has 0 unspecified atom stereocenters. The van der Waals surface area contributed by atoms with Crippen molar-refractivity contribution in [2.24, 2.45) is 0 Å². The predicted octanol–water partition coefficient (Wildman–Crippen LogP) is 3.00. The maximum absolute atomic E-state index is 12.9. The minimum atomic E-state index is -0.387. The Hall–Kier alpha value is -2.76. The number of amides is 2. The van der Waals surface area contributed by atoms with E-state index in [1.165, 1.54) is 42.6 Å². The van der Waals surface area contributed by atoms with E-state index < -0.39 is 0 Å². The number of rotatable bonds is 6. The lowest BCUT2D eigenvalue weighted by molar-refractivity contribution is 0.0948. The molecule has 1 heterocycles. The summed E-state index contributed by atoms with van der Waals surface area (Å²) < 4.78 is 12.9. The zero-order chi connectivity index (χ0) is 16.7. The van der Waals surface area contributed by atoms with Crippen LogP contribution in [0.4, 0.5) is 10.1 Å². The highest BCUT2D eigenvalue weighted by atomic mass is 19.1. The van der Waals surface area contributed by atoms with Gasteiger partial charge in [-0.25, -0.2) is 4.39 Å². The van der Waals surface area contributed by atoms with Crippen molar-refractivity contribution < 1.29 is 14.0 Å². The van der Waals surface area contributed by atoms with Gasteiger partial charge < -0.3 is 10.6 Å². The second-order valence-electron chi connectivity index (χ2n) is 5.00. The highest BCUT2D eigenvalue weighted by Gasteiger charge is 2.11. The van der Waals surface area contributed by atoms with Gasteiger partial charge in [0.2, 0.25) is 0 Å². The molecule has 1 aromatic carbocycles. The van der Waals surface area contributed by atoms with E-state index in [2.05, 4.69) is 15.6 Å². The van der Waals surface area contributed by atoms with E-state index in [1.807, 2.05) is 6.92 Å². The topological polar surface area (TPSA) is 71.1 Å². The van der Waals surface area contributed by atoms with Gasteiger partial charge in [-0.2, -0.15) is 0 Å². The third-order valence-corrected chi connectivity index (χ3v) is 3.17. The molecule has 2 rings (SSSR count). The second-order valence-corrected chi connectivity index (χ2v) is 5.00. The average Bonchev–Trinajstić information content (AvgIpc) is 2.57. The lowest BCUT2D eigenvalue weighted by Crippen LogP contribution is -2.25. The molecule has 0 aliphatic carbocycles. The van der Waals surface area contributed by atoms with E-state index in [4.69, 9.17) is 0 Å². The van der Waals surface area contributed by atoms with E-state index >= 15 is 0 Å². The van der Waals surface area contributed by atoms with Crippen LogP contribution in [0.5, 0.6) is 0 Å². The maximum Gasteiger partial charge on any atom is 0.269 e. The standard InChI is InChI=1S/C17H18FN3O2/c1-2-3-9-20-17(23)15-11-12(8-10-19-15)16(22)21-14-6-4-13(18)5-7-14/h4-8,10-11H,2-3,9H2,1H3,(H,20,23)(H,21,22). The van der Waals surface area contributed by atoms with Crippen LogP contribution in [-0.4, -0.2) is 23.3 Å². The highest BCUT2D eigenvalue weighted by Crippen LogP contribution is 2.11. The number of hydrogen-bond acceptors (Lipinski definition) is 3. The summed E-state index contributed by atoms with van der Waals surface area (Å²) in [7, 11) is 0. The molecule has 2 aromatic rings. The maximum atomic E-state index is 12.9. The van der Waals surface area contributed by atoms with Crippen molar-refractivity contribution in [3.63, 3.8) is 0 Å². The SMILES string of the molecule is CCCCNC(=O)c1cc(C(=O)Nc2ccc(F)cc2)ccn1. The van der Waals surface area contributed by atoms with Gasteiger partial charge in [0.25, 0.3) is 11.8 Å². The van der Waals surface area contributed by atoms with Crippen LogP contribution in [0.2, 0.25) is 0 Å². The fourth-order valence-corrected chi connectivity index (χ4v) is 1.90. The summed E-state index contributed by atoms with van der Waals surface area (Å²) in [6.07, 6.45) is 3.28. The number of carbonyl (C=O) groups excluding carboxylic acids is 2. The van der Waals surface area contributed by atoms with E-state index in [-0.39, 0.29) is 23.3 Å². The van der Waals surface area contributed by atoms with Crippen molar-refractivity contribution in [2.75, 3.05) is 11.9 Å². The molecule has 0 radical (unpaired) electrons. The highest BCUT2D eigenvalue weighted by molar-refractivity contribution is 6.05. The molecular formula is C17H18FN3O2. The molecule has 6 heteroatoms. The number of halogens is 1. The lowest BCUT2D eigenvalue weighted by Gasteiger charge is -2.07. The Morgan fingerprint density at radius 1 is 1.13 bits per heavy atom. The van der Waals surface area contributed by atoms with Crippen LogP contribution in [0.1, 0.15) is 40.6 Å². The zero-order valence-electron chi connectivity index (χ0n) is 12.8. The Labute approximate surface area is 133 Å². The molecule has 0 saturated heterocycles. The van der Waals surface area contributed by atoms with E-state index in [1.54, 1.807) is 0 Å². The van der Waals surface area contributed by atoms with Gasteiger partial charge in [0, 0.05) is 24.0 Å². The fourth-order valence-electron chi connectivity index (χ4n) is 1.90. The molecule has 0 bridgehead atoms. The van der Waals surface area contributed by atoms with Gasteiger partial charge in [0.1, 0.15) is 11.5 Å². The number of carbonyl (C=O) groups is 2. The minimum absolute atomic E-state index is 0.188. The number of benzene rings is 1. The second kappa shape index (κ2) is 8.03. The van der Waals surface area contributed by atoms with Crippen LogP contribution in [0.25, 0.3) is 0 Å². The largest absolute Gasteiger partial charge is 0.351 e. The Kier molecular flexibility index (Phi) is 5.80. The molecule has 0 aliphatic heterocycles. The van der Waals surface area contributed by atoms with Gasteiger partial charge in [0.05, 0.1) is 0 Å². The van der Waals surface area contributed by atoms with Gasteiger partial charge in [-0.1, -0.05) is 13.3 Å². The number of hydrogen-bond donors (Lipinski definition) is 2. The first kappa shape index (κ1) is 16.6. The Bertz CT molecular complexity index is 686. The molecule has 0 saturated carbocycles. The summed E-state index contributed by atoms with van der Waals surface area (Å²) in [5.74, 6) is -1.07. The summed E-state index contributed by atoms with van der Waals surface area (Å²) in [6.45, 7) is 2.60.